The van der Waals surface area contributed by atoms with Crippen LogP contribution in [-0.4, -0.2) is 193 Å². The number of allylic oxidation sites excluding steroid dienone is 6. The van der Waals surface area contributed by atoms with Crippen molar-refractivity contribution in [2.24, 2.45) is 35.5 Å². The molecule has 3 saturated heterocycles. The highest BCUT2D eigenvalue weighted by molar-refractivity contribution is 6.39. The van der Waals surface area contributed by atoms with Gasteiger partial charge in [0, 0.05) is 116 Å². The van der Waals surface area contributed by atoms with E-state index in [1.54, 1.807) is 60.4 Å². The van der Waals surface area contributed by atoms with E-state index in [1.807, 2.05) is 67.9 Å². The molecule has 5 aliphatic rings. The summed E-state index contributed by atoms with van der Waals surface area (Å²) in [7, 11) is 4.50. The number of piperidine rings is 1. The number of Topliss-reactive ketones (excluding diaryl/α,β-unsaturated/α-hetero) is 3. The Kier molecular flexibility index (Phi) is 28.6. The molecule has 0 aromatic carbocycles. The lowest BCUT2D eigenvalue weighted by atomic mass is 9.78. The Morgan fingerprint density at radius 3 is 2.25 bits per heavy atom. The van der Waals surface area contributed by atoms with Crippen LogP contribution >= 0.6 is 0 Å². The minimum absolute atomic E-state index is 0.0105. The highest BCUT2D eigenvalue weighted by Gasteiger charge is 2.53. The van der Waals surface area contributed by atoms with Gasteiger partial charge >= 0.3 is 12.1 Å². The van der Waals surface area contributed by atoms with Crippen molar-refractivity contribution < 1.29 is 76.9 Å². The summed E-state index contributed by atoms with van der Waals surface area (Å²) in [5.74, 6) is -7.97. The van der Waals surface area contributed by atoms with Crippen molar-refractivity contribution in [2.45, 2.75) is 206 Å². The highest BCUT2D eigenvalue weighted by Crippen LogP contribution is 2.38. The van der Waals surface area contributed by atoms with Gasteiger partial charge in [-0.1, -0.05) is 78.0 Å². The molecule has 1 aromatic rings. The van der Waals surface area contributed by atoms with E-state index in [-0.39, 0.29) is 55.2 Å². The molecular weight excluding hydrogens is 1140 g/mol. The first kappa shape index (κ1) is 72.3. The van der Waals surface area contributed by atoms with E-state index in [9.17, 15) is 43.8 Å². The van der Waals surface area contributed by atoms with Crippen molar-refractivity contribution in [1.29, 1.82) is 0 Å². The minimum atomic E-state index is -2.47. The van der Waals surface area contributed by atoms with Crippen LogP contribution in [0.2, 0.25) is 0 Å². The Morgan fingerprint density at radius 1 is 0.831 bits per heavy atom. The first-order valence-electron chi connectivity index (χ1n) is 32.4. The van der Waals surface area contributed by atoms with Crippen molar-refractivity contribution in [3.63, 3.8) is 0 Å². The second kappa shape index (κ2) is 35.2. The van der Waals surface area contributed by atoms with Gasteiger partial charge in [0.25, 0.3) is 11.7 Å². The average Bonchev–Trinajstić information content (AvgIpc) is 3.70. The van der Waals surface area contributed by atoms with Crippen LogP contribution in [0, 0.1) is 35.5 Å². The molecule has 6 rings (SSSR count). The molecule has 4 fully saturated rings. The molecule has 3 amide bonds. The summed E-state index contributed by atoms with van der Waals surface area (Å²) in [6.45, 7) is 18.1. The molecule has 1 saturated carbocycles. The average molecular weight is 1250 g/mol. The van der Waals surface area contributed by atoms with Gasteiger partial charge in [-0.25, -0.2) is 19.6 Å². The van der Waals surface area contributed by atoms with E-state index in [2.05, 4.69) is 15.3 Å². The highest BCUT2D eigenvalue weighted by atomic mass is 16.6. The largest absolute Gasteiger partial charge is 0.460 e. The number of cyclic esters (lactones) is 1. The zero-order valence-corrected chi connectivity index (χ0v) is 54.6. The van der Waals surface area contributed by atoms with Gasteiger partial charge in [0.15, 0.2) is 5.78 Å². The molecule has 0 unspecified atom stereocenters. The third-order valence-corrected chi connectivity index (χ3v) is 18.6. The summed E-state index contributed by atoms with van der Waals surface area (Å²) in [4.78, 5) is 112. The third kappa shape index (κ3) is 20.4. The number of rotatable bonds is 15. The number of carbonyl (C=O) groups is 7. The van der Waals surface area contributed by atoms with Crippen LogP contribution in [-0.2, 0) is 68.5 Å². The lowest BCUT2D eigenvalue weighted by molar-refractivity contribution is -0.265. The molecule has 5 heterocycles. The molecule has 4 aliphatic heterocycles. The van der Waals surface area contributed by atoms with Gasteiger partial charge in [0.2, 0.25) is 17.6 Å². The Labute approximate surface area is 526 Å². The SMILES string of the molecule is CCCOCCC(=O)N1CCN(c2ncc(CNC(=O)O[C@@H]3CC[C@@H](C[C@@H](C)[C@@H]4CC(=O)[C@H](C)/C=C(\C)[C@@H](O)[C@@H](OC)C(=O)[C@H](C)C[C@H](C)/C=C/C=C/C=C(\C)[C@@H](OC)C[C@@H]5CC[C@@H](C)[C@@](O)(O5)C(=O)C(=O)N5CCCC[C@H]5C(=O)O4)C[C@H]3OC)cn2)CC1. The number of anilines is 1. The van der Waals surface area contributed by atoms with Crippen LogP contribution in [0.15, 0.2) is 60.0 Å². The Bertz CT molecular complexity index is 2640. The van der Waals surface area contributed by atoms with E-state index in [0.29, 0.717) is 127 Å². The monoisotopic (exact) mass is 1250 g/mol. The number of methoxy groups -OCH3 is 3. The zero-order chi connectivity index (χ0) is 65.0. The Hall–Kier alpha value is -5.75. The van der Waals surface area contributed by atoms with Gasteiger partial charge in [-0.2, -0.15) is 0 Å². The van der Waals surface area contributed by atoms with E-state index < -0.39 is 102 Å². The van der Waals surface area contributed by atoms with Gasteiger partial charge in [0.1, 0.15) is 36.2 Å². The number of carbonyl (C=O) groups excluding carboxylic acids is 7. The first-order valence-corrected chi connectivity index (χ1v) is 32.4. The molecule has 2 bridgehead atoms. The molecule has 22 heteroatoms. The number of nitrogens with zero attached hydrogens (tertiary/aromatic N) is 5. The summed E-state index contributed by atoms with van der Waals surface area (Å²) in [5.41, 5.74) is 1.89. The maximum Gasteiger partial charge on any atom is 0.407 e. The van der Waals surface area contributed by atoms with Crippen LogP contribution < -0.4 is 10.2 Å². The molecule has 3 N–H and O–H groups in total. The normalized spacial score (nSPS) is 33.6. The molecule has 1 aliphatic carbocycles. The molecule has 15 atom stereocenters. The zero-order valence-electron chi connectivity index (χ0n) is 54.6. The van der Waals surface area contributed by atoms with Gasteiger partial charge in [-0.15, -0.1) is 0 Å². The molecule has 89 heavy (non-hydrogen) atoms. The molecule has 496 valence electrons. The Balaban J connectivity index is 1.15. The van der Waals surface area contributed by atoms with Crippen molar-refractivity contribution in [1.82, 2.24) is 25.1 Å². The van der Waals surface area contributed by atoms with Crippen molar-refractivity contribution in [3.05, 3.63) is 65.6 Å². The third-order valence-electron chi connectivity index (χ3n) is 18.6. The van der Waals surface area contributed by atoms with Crippen LogP contribution in [0.1, 0.15) is 151 Å². The maximum absolute atomic E-state index is 14.7. The number of ether oxygens (including phenoxy) is 7. The van der Waals surface area contributed by atoms with Gasteiger partial charge in [-0.05, 0) is 113 Å². The van der Waals surface area contributed by atoms with Crippen LogP contribution in [0.25, 0.3) is 0 Å². The number of ketones is 3. The summed E-state index contributed by atoms with van der Waals surface area (Å²) in [6, 6.07) is -1.20. The summed E-state index contributed by atoms with van der Waals surface area (Å²) in [6.07, 6.45) is 14.0. The quantitative estimate of drug-likeness (QED) is 0.0669. The summed E-state index contributed by atoms with van der Waals surface area (Å²) in [5, 5.41) is 26.5. The lowest BCUT2D eigenvalue weighted by Crippen LogP contribution is -2.61. The number of aromatic nitrogens is 2. The van der Waals surface area contributed by atoms with Crippen molar-refractivity contribution in [2.75, 3.05) is 72.2 Å². The molecule has 0 radical (unpaired) electrons. The predicted molar refractivity (Wildman–Crippen MR) is 333 cm³/mol. The fourth-order valence-corrected chi connectivity index (χ4v) is 12.9. The maximum atomic E-state index is 14.7. The standard InChI is InChI=1S/C67H102N6O16/c1-12-31-86-32-25-58(75)71-27-29-72(30-28-71)65-68-39-50(40-69-65)41-70-66(81)88-54-24-22-49(36-57(54)84-10)35-45(5)56-38-53(74)44(4)34-47(7)60(77)61(85-11)59(76)46(6)33-42(2)18-14-13-15-19-43(3)55(83-9)37-51-23-21-48(8)67(82,89-51)62(78)63(79)73-26-17-16-20-52(73)64(80)87-56/h13-15,18-19,34,39-40,42,44-46,48-49,51-52,54-57,60-61,77,82H,12,16-17,20-33,35-38,41H2,1-11H3,(H,70,81)/b15-13+,18-14+,43-19+,47-34+/t42-,44-,45-,46-,48-,49+,51+,52+,54-,55+,56+,57-,60-,61+,67-/m1/s1. The number of aliphatic hydroxyl groups excluding tert-OH is 1. The summed E-state index contributed by atoms with van der Waals surface area (Å²) < 4.78 is 41.4. The number of aliphatic hydroxyl groups is 2. The molecule has 1 aromatic heterocycles. The number of fused-ring (bicyclic) bond motifs is 3. The van der Waals surface area contributed by atoms with Crippen LogP contribution in [0.4, 0.5) is 10.7 Å². The van der Waals surface area contributed by atoms with Gasteiger partial charge in [-0.3, -0.25) is 24.0 Å². The number of alkyl carbamates (subject to hydrolysis) is 1. The molecular formula is C67H102N6O16. The number of amides is 3. The lowest BCUT2D eigenvalue weighted by Gasteiger charge is -2.42. The van der Waals surface area contributed by atoms with E-state index in [4.69, 9.17) is 33.2 Å². The number of piperazine rings is 1. The van der Waals surface area contributed by atoms with Gasteiger partial charge < -0.3 is 63.4 Å². The number of esters is 1. The molecule has 22 nitrogen and oxygen atoms in total. The predicted octanol–water partition coefficient (Wildman–Crippen LogP) is 7.37. The minimum Gasteiger partial charge on any atom is -0.460 e. The van der Waals surface area contributed by atoms with Crippen LogP contribution in [0.5, 0.6) is 0 Å². The smallest absolute Gasteiger partial charge is 0.407 e. The summed E-state index contributed by atoms with van der Waals surface area (Å²) >= 11 is 0. The van der Waals surface area contributed by atoms with E-state index >= 15 is 0 Å². The topological polar surface area (TPSA) is 272 Å². The second-order valence-electron chi connectivity index (χ2n) is 25.4. The number of hydrogen-bond donors (Lipinski definition) is 3. The van der Waals surface area contributed by atoms with Crippen LogP contribution in [0.3, 0.4) is 0 Å². The van der Waals surface area contributed by atoms with Gasteiger partial charge in [0.05, 0.1) is 31.3 Å². The first-order chi connectivity index (χ1) is 42.5. The second-order valence-corrected chi connectivity index (χ2v) is 25.4. The number of nitrogens with one attached hydrogen (secondary N) is 1. The Morgan fingerprint density at radius 2 is 1.56 bits per heavy atom. The molecule has 0 spiro atoms. The number of hydrogen-bond acceptors (Lipinski definition) is 19. The van der Waals surface area contributed by atoms with E-state index in [0.717, 1.165) is 12.0 Å². The fraction of sp³-hybridized carbons (Fsp3) is 0.716. The van der Waals surface area contributed by atoms with Crippen molar-refractivity contribution >= 4 is 47.2 Å². The van der Waals surface area contributed by atoms with Crippen molar-refractivity contribution in [3.8, 4) is 0 Å². The van der Waals surface area contributed by atoms with E-state index in [1.165, 1.54) is 12.0 Å². The fourth-order valence-electron chi connectivity index (χ4n) is 12.9.